The molecule has 31 heavy (non-hydrogen) atoms. The molecular formula is C21H17F2N5O3. The van der Waals surface area contributed by atoms with Gasteiger partial charge < -0.3 is 14.7 Å². The van der Waals surface area contributed by atoms with E-state index in [2.05, 4.69) is 19.8 Å². The third kappa shape index (κ3) is 4.09. The number of fused-ring (bicyclic) bond motifs is 1. The lowest BCUT2D eigenvalue weighted by Crippen LogP contribution is -2.24. The predicted molar refractivity (Wildman–Crippen MR) is 105 cm³/mol. The summed E-state index contributed by atoms with van der Waals surface area (Å²) in [7, 11) is 0. The molecule has 3 heterocycles. The topological polar surface area (TPSA) is 88.5 Å². The second kappa shape index (κ2) is 7.78. The number of halogens is 2. The number of benzene rings is 1. The number of pyridine rings is 1. The molecule has 10 heteroatoms. The lowest BCUT2D eigenvalue weighted by atomic mass is 10.1. The average Bonchev–Trinajstić information content (AvgIpc) is 3.48. The van der Waals surface area contributed by atoms with E-state index in [1.54, 1.807) is 36.5 Å². The number of rotatable bonds is 7. The molecule has 5 rings (SSSR count). The van der Waals surface area contributed by atoms with Crippen LogP contribution in [0.5, 0.6) is 11.5 Å². The van der Waals surface area contributed by atoms with Crippen LogP contribution in [0.25, 0.3) is 28.4 Å². The zero-order chi connectivity index (χ0) is 21.4. The normalized spacial score (nSPS) is 13.6. The standard InChI is InChI=1S/C21H17F2N5O3/c22-20(23)31-17-6-5-14(10-18(17)30-12-13-3-4-13)16-7-8-24-21-25-19(26-28(16)21)15-2-1-9-27(29)11-15/h1-2,5-11,13,20H,3-4,12H2. The molecular weight excluding hydrogens is 408 g/mol. The molecule has 0 unspecified atom stereocenters. The van der Waals surface area contributed by atoms with Gasteiger partial charge in [0.05, 0.1) is 17.9 Å². The fraction of sp³-hybridized carbons (Fsp3) is 0.238. The lowest BCUT2D eigenvalue weighted by Gasteiger charge is -2.14. The molecule has 0 aliphatic heterocycles. The Morgan fingerprint density at radius 2 is 2.03 bits per heavy atom. The third-order valence-electron chi connectivity index (χ3n) is 4.90. The van der Waals surface area contributed by atoms with Gasteiger partial charge in [0.1, 0.15) is 0 Å². The Bertz CT molecular complexity index is 1240. The molecule has 158 valence electrons. The van der Waals surface area contributed by atoms with Gasteiger partial charge in [-0.05, 0) is 49.1 Å². The van der Waals surface area contributed by atoms with Gasteiger partial charge in [0.15, 0.2) is 29.7 Å². The van der Waals surface area contributed by atoms with Gasteiger partial charge in [-0.1, -0.05) is 0 Å². The maximum absolute atomic E-state index is 12.8. The highest BCUT2D eigenvalue weighted by Gasteiger charge is 2.23. The van der Waals surface area contributed by atoms with E-state index in [4.69, 9.17) is 4.74 Å². The summed E-state index contributed by atoms with van der Waals surface area (Å²) < 4.78 is 38.2. The summed E-state index contributed by atoms with van der Waals surface area (Å²) in [5.41, 5.74) is 1.85. The fourth-order valence-corrected chi connectivity index (χ4v) is 3.19. The van der Waals surface area contributed by atoms with Gasteiger partial charge in [-0.25, -0.2) is 4.98 Å². The molecule has 0 spiro atoms. The van der Waals surface area contributed by atoms with E-state index in [0.717, 1.165) is 12.8 Å². The molecule has 3 aromatic heterocycles. The molecule has 0 saturated heterocycles. The van der Waals surface area contributed by atoms with E-state index in [9.17, 15) is 14.0 Å². The minimum atomic E-state index is -2.95. The van der Waals surface area contributed by atoms with Crippen molar-refractivity contribution in [3.05, 3.63) is 60.2 Å². The van der Waals surface area contributed by atoms with Crippen molar-refractivity contribution < 1.29 is 23.0 Å². The highest BCUT2D eigenvalue weighted by atomic mass is 19.3. The highest BCUT2D eigenvalue weighted by Crippen LogP contribution is 2.36. The summed E-state index contributed by atoms with van der Waals surface area (Å²) in [6.45, 7) is -2.50. The van der Waals surface area contributed by atoms with Crippen molar-refractivity contribution in [2.45, 2.75) is 19.5 Å². The second-order valence-corrected chi connectivity index (χ2v) is 7.22. The molecule has 8 nitrogen and oxygen atoms in total. The van der Waals surface area contributed by atoms with Crippen molar-refractivity contribution in [2.24, 2.45) is 5.92 Å². The summed E-state index contributed by atoms with van der Waals surface area (Å²) in [5.74, 6) is 1.34. The van der Waals surface area contributed by atoms with Gasteiger partial charge in [0.2, 0.25) is 0 Å². The molecule has 0 N–H and O–H groups in total. The molecule has 1 aliphatic carbocycles. The van der Waals surface area contributed by atoms with Crippen molar-refractivity contribution in [3.8, 4) is 34.1 Å². The Hall–Kier alpha value is -3.82. The van der Waals surface area contributed by atoms with Crippen LogP contribution in [0.15, 0.2) is 55.0 Å². The van der Waals surface area contributed by atoms with E-state index >= 15 is 0 Å². The molecule has 1 fully saturated rings. The van der Waals surface area contributed by atoms with Crippen LogP contribution in [-0.2, 0) is 0 Å². The number of aromatic nitrogens is 5. The maximum atomic E-state index is 12.8. The smallest absolute Gasteiger partial charge is 0.387 e. The maximum Gasteiger partial charge on any atom is 0.387 e. The van der Waals surface area contributed by atoms with Gasteiger partial charge in [-0.15, -0.1) is 5.10 Å². The highest BCUT2D eigenvalue weighted by molar-refractivity contribution is 5.66. The predicted octanol–water partition coefficient (Wildman–Crippen LogP) is 3.48. The van der Waals surface area contributed by atoms with Crippen molar-refractivity contribution in [3.63, 3.8) is 0 Å². The molecule has 0 bridgehead atoms. The van der Waals surface area contributed by atoms with E-state index in [0.29, 0.717) is 45.7 Å². The summed E-state index contributed by atoms with van der Waals surface area (Å²) in [4.78, 5) is 8.62. The van der Waals surface area contributed by atoms with E-state index < -0.39 is 6.61 Å². The Kier molecular flexibility index (Phi) is 4.81. The van der Waals surface area contributed by atoms with Crippen LogP contribution in [0, 0.1) is 11.1 Å². The van der Waals surface area contributed by atoms with Gasteiger partial charge in [-0.2, -0.15) is 23.0 Å². The lowest BCUT2D eigenvalue weighted by molar-refractivity contribution is -0.604. The van der Waals surface area contributed by atoms with Crippen LogP contribution >= 0.6 is 0 Å². The van der Waals surface area contributed by atoms with Crippen LogP contribution in [0.2, 0.25) is 0 Å². The van der Waals surface area contributed by atoms with Crippen molar-refractivity contribution in [1.29, 1.82) is 0 Å². The first-order chi connectivity index (χ1) is 15.1. The largest absolute Gasteiger partial charge is 0.619 e. The van der Waals surface area contributed by atoms with Crippen molar-refractivity contribution in [2.75, 3.05) is 6.61 Å². The number of hydrogen-bond donors (Lipinski definition) is 0. The summed E-state index contributed by atoms with van der Waals surface area (Å²) in [6.07, 6.45) is 6.46. The van der Waals surface area contributed by atoms with E-state index in [1.807, 2.05) is 0 Å². The molecule has 4 aromatic rings. The quantitative estimate of drug-likeness (QED) is 0.333. The summed E-state index contributed by atoms with van der Waals surface area (Å²) in [5, 5.41) is 16.1. The van der Waals surface area contributed by atoms with Crippen LogP contribution in [0.3, 0.4) is 0 Å². The Labute approximate surface area is 175 Å². The van der Waals surface area contributed by atoms with Crippen molar-refractivity contribution >= 4 is 5.78 Å². The molecule has 1 saturated carbocycles. The number of ether oxygens (including phenoxy) is 2. The van der Waals surface area contributed by atoms with Crippen LogP contribution < -0.4 is 14.2 Å². The SMILES string of the molecule is [O-][n+]1cccc(-c2nc3nccc(-c4ccc(OC(F)F)c(OCC5CC5)c4)n3n2)c1. The van der Waals surface area contributed by atoms with Crippen molar-refractivity contribution in [1.82, 2.24) is 19.6 Å². The van der Waals surface area contributed by atoms with Crippen LogP contribution in [-0.4, -0.2) is 32.8 Å². The summed E-state index contributed by atoms with van der Waals surface area (Å²) in [6, 6.07) is 9.80. The summed E-state index contributed by atoms with van der Waals surface area (Å²) >= 11 is 0. The van der Waals surface area contributed by atoms with Crippen LogP contribution in [0.4, 0.5) is 8.78 Å². The van der Waals surface area contributed by atoms with Gasteiger partial charge in [0.25, 0.3) is 5.78 Å². The van der Waals surface area contributed by atoms with E-state index in [1.165, 1.54) is 23.0 Å². The van der Waals surface area contributed by atoms with Gasteiger partial charge in [0, 0.05) is 17.8 Å². The van der Waals surface area contributed by atoms with Gasteiger partial charge in [-0.3, -0.25) is 0 Å². The Morgan fingerprint density at radius 3 is 2.81 bits per heavy atom. The minimum absolute atomic E-state index is 0.0201. The molecule has 1 aromatic carbocycles. The number of nitrogens with zero attached hydrogens (tertiary/aromatic N) is 5. The first-order valence-corrected chi connectivity index (χ1v) is 9.70. The minimum Gasteiger partial charge on any atom is -0.619 e. The Balaban J connectivity index is 1.55. The zero-order valence-corrected chi connectivity index (χ0v) is 16.2. The van der Waals surface area contributed by atoms with E-state index in [-0.39, 0.29) is 11.5 Å². The molecule has 0 amide bonds. The third-order valence-corrected chi connectivity index (χ3v) is 4.90. The first kappa shape index (κ1) is 19.2. The van der Waals surface area contributed by atoms with Gasteiger partial charge >= 0.3 is 6.61 Å². The number of alkyl halides is 2. The first-order valence-electron chi connectivity index (χ1n) is 9.70. The Morgan fingerprint density at radius 1 is 1.16 bits per heavy atom. The van der Waals surface area contributed by atoms with Crippen LogP contribution in [0.1, 0.15) is 12.8 Å². The average molecular weight is 425 g/mol. The zero-order valence-electron chi connectivity index (χ0n) is 16.2. The molecule has 0 atom stereocenters. The monoisotopic (exact) mass is 425 g/mol. The number of hydrogen-bond acceptors (Lipinski definition) is 6. The fourth-order valence-electron chi connectivity index (χ4n) is 3.19. The molecule has 0 radical (unpaired) electrons. The molecule has 1 aliphatic rings. The second-order valence-electron chi connectivity index (χ2n) is 7.22.